The Morgan fingerprint density at radius 2 is 1.87 bits per heavy atom. The Balaban J connectivity index is 1.48. The molecule has 31 heavy (non-hydrogen) atoms. The van der Waals surface area contributed by atoms with E-state index in [1.54, 1.807) is 0 Å². The number of likely N-dealkylation sites (tertiary alicyclic amines) is 1. The summed E-state index contributed by atoms with van der Waals surface area (Å²) >= 11 is 0. The number of nitrogens with zero attached hydrogens (tertiary/aromatic N) is 3. The molecule has 4 rings (SSSR count). The van der Waals surface area contributed by atoms with Crippen molar-refractivity contribution in [1.29, 1.82) is 0 Å². The van der Waals surface area contributed by atoms with Crippen molar-refractivity contribution in [2.24, 2.45) is 0 Å². The zero-order valence-electron chi connectivity index (χ0n) is 17.9. The topological polar surface area (TPSA) is 77.7 Å². The molecule has 1 atom stereocenters. The normalized spacial score (nSPS) is 15.8. The van der Waals surface area contributed by atoms with E-state index in [4.69, 9.17) is 14.0 Å². The van der Waals surface area contributed by atoms with Gasteiger partial charge in [-0.25, -0.2) is 0 Å². The second-order valence-electron chi connectivity index (χ2n) is 7.39. The Morgan fingerprint density at radius 3 is 2.65 bits per heavy atom. The molecule has 0 radical (unpaired) electrons. The molecule has 1 aromatic heterocycles. The van der Waals surface area contributed by atoms with Crippen LogP contribution in [0.15, 0.2) is 53.1 Å². The number of aromatic nitrogens is 2. The molecular formula is C24H27N3O4. The van der Waals surface area contributed by atoms with E-state index in [0.717, 1.165) is 24.0 Å². The van der Waals surface area contributed by atoms with Crippen molar-refractivity contribution in [2.45, 2.75) is 39.2 Å². The number of benzene rings is 2. The van der Waals surface area contributed by atoms with Gasteiger partial charge in [-0.2, -0.15) is 4.98 Å². The highest BCUT2D eigenvalue weighted by atomic mass is 16.5. The van der Waals surface area contributed by atoms with Crippen LogP contribution in [0, 0.1) is 0 Å². The van der Waals surface area contributed by atoms with Crippen molar-refractivity contribution in [3.8, 4) is 22.9 Å². The maximum Gasteiger partial charge on any atom is 0.249 e. The first kappa shape index (κ1) is 20.9. The van der Waals surface area contributed by atoms with Crippen molar-refractivity contribution in [3.63, 3.8) is 0 Å². The van der Waals surface area contributed by atoms with Gasteiger partial charge < -0.3 is 18.9 Å². The Hall–Kier alpha value is -3.35. The molecule has 0 aliphatic carbocycles. The van der Waals surface area contributed by atoms with E-state index in [-0.39, 0.29) is 18.4 Å². The SMILES string of the molecule is CCOc1ccc(CC(=O)N2CCCC2c2nc(-c3ccccc3)no2)cc1OCC. The van der Waals surface area contributed by atoms with Gasteiger partial charge in [-0.15, -0.1) is 0 Å². The minimum absolute atomic E-state index is 0.0357. The van der Waals surface area contributed by atoms with Crippen LogP contribution < -0.4 is 9.47 Å². The van der Waals surface area contributed by atoms with Crippen molar-refractivity contribution in [2.75, 3.05) is 19.8 Å². The smallest absolute Gasteiger partial charge is 0.249 e. The molecule has 1 saturated heterocycles. The third-order valence-corrected chi connectivity index (χ3v) is 5.30. The highest BCUT2D eigenvalue weighted by molar-refractivity contribution is 5.79. The second kappa shape index (κ2) is 9.64. The van der Waals surface area contributed by atoms with Gasteiger partial charge in [0.2, 0.25) is 17.6 Å². The van der Waals surface area contributed by atoms with Gasteiger partial charge in [0.1, 0.15) is 6.04 Å². The third-order valence-electron chi connectivity index (χ3n) is 5.30. The molecule has 0 spiro atoms. The van der Waals surface area contributed by atoms with Crippen molar-refractivity contribution >= 4 is 5.91 Å². The van der Waals surface area contributed by atoms with Gasteiger partial charge in [0, 0.05) is 12.1 Å². The van der Waals surface area contributed by atoms with Gasteiger partial charge >= 0.3 is 0 Å². The summed E-state index contributed by atoms with van der Waals surface area (Å²) in [6.07, 6.45) is 2.01. The Kier molecular flexibility index (Phi) is 6.50. The lowest BCUT2D eigenvalue weighted by Gasteiger charge is -2.22. The number of rotatable bonds is 8. The molecule has 2 aromatic carbocycles. The summed E-state index contributed by atoms with van der Waals surface area (Å²) < 4.78 is 16.8. The van der Waals surface area contributed by atoms with Crippen molar-refractivity contribution in [1.82, 2.24) is 15.0 Å². The number of amides is 1. The zero-order chi connectivity index (χ0) is 21.6. The van der Waals surface area contributed by atoms with Gasteiger partial charge in [-0.05, 0) is 44.4 Å². The lowest BCUT2D eigenvalue weighted by Crippen LogP contribution is -2.32. The molecule has 162 valence electrons. The number of hydrogen-bond donors (Lipinski definition) is 0. The predicted octanol–water partition coefficient (Wildman–Crippen LogP) is 4.44. The molecule has 7 nitrogen and oxygen atoms in total. The Bertz CT molecular complexity index is 1020. The lowest BCUT2D eigenvalue weighted by molar-refractivity contribution is -0.131. The molecule has 1 aliphatic heterocycles. The van der Waals surface area contributed by atoms with E-state index in [1.807, 2.05) is 67.3 Å². The van der Waals surface area contributed by atoms with Crippen LogP contribution in [0.3, 0.4) is 0 Å². The van der Waals surface area contributed by atoms with Gasteiger partial charge in [-0.1, -0.05) is 41.6 Å². The molecule has 3 aromatic rings. The Labute approximate surface area is 182 Å². The van der Waals surface area contributed by atoms with Crippen LogP contribution in [0.2, 0.25) is 0 Å². The standard InChI is InChI=1S/C24H27N3O4/c1-3-29-20-13-12-17(15-21(20)30-4-2)16-22(28)27-14-8-11-19(27)24-25-23(26-31-24)18-9-6-5-7-10-18/h5-7,9-10,12-13,15,19H,3-4,8,11,14,16H2,1-2H3. The van der Waals surface area contributed by atoms with Crippen molar-refractivity contribution in [3.05, 3.63) is 60.0 Å². The van der Waals surface area contributed by atoms with Crippen LogP contribution >= 0.6 is 0 Å². The van der Waals surface area contributed by atoms with Crippen LogP contribution in [0.4, 0.5) is 0 Å². The maximum atomic E-state index is 13.1. The fourth-order valence-electron chi connectivity index (χ4n) is 3.88. The molecule has 0 bridgehead atoms. The molecule has 0 saturated carbocycles. The number of ether oxygens (including phenoxy) is 2. The third kappa shape index (κ3) is 4.71. The fraction of sp³-hybridized carbons (Fsp3) is 0.375. The summed E-state index contributed by atoms with van der Waals surface area (Å²) in [6, 6.07) is 15.2. The van der Waals surface area contributed by atoms with Crippen LogP contribution in [0.25, 0.3) is 11.4 Å². The highest BCUT2D eigenvalue weighted by Gasteiger charge is 2.34. The van der Waals surface area contributed by atoms with Crippen LogP contribution in [0.5, 0.6) is 11.5 Å². The molecule has 1 fully saturated rings. The average molecular weight is 421 g/mol. The van der Waals surface area contributed by atoms with Gasteiger partial charge in [0.15, 0.2) is 11.5 Å². The van der Waals surface area contributed by atoms with Gasteiger partial charge in [-0.3, -0.25) is 4.79 Å². The van der Waals surface area contributed by atoms with Crippen molar-refractivity contribution < 1.29 is 18.8 Å². The van der Waals surface area contributed by atoms with E-state index >= 15 is 0 Å². The second-order valence-corrected chi connectivity index (χ2v) is 7.39. The summed E-state index contributed by atoms with van der Waals surface area (Å²) in [7, 11) is 0. The predicted molar refractivity (Wildman–Crippen MR) is 116 cm³/mol. The maximum absolute atomic E-state index is 13.1. The van der Waals surface area contributed by atoms with E-state index < -0.39 is 0 Å². The molecular weight excluding hydrogens is 394 g/mol. The van der Waals surface area contributed by atoms with Crippen LogP contribution in [0.1, 0.15) is 44.2 Å². The molecule has 2 heterocycles. The summed E-state index contributed by atoms with van der Waals surface area (Å²) in [4.78, 5) is 19.5. The van der Waals surface area contributed by atoms with E-state index in [9.17, 15) is 4.79 Å². The number of hydrogen-bond acceptors (Lipinski definition) is 6. The summed E-state index contributed by atoms with van der Waals surface area (Å²) in [5.41, 5.74) is 1.78. The van der Waals surface area contributed by atoms with E-state index in [2.05, 4.69) is 10.1 Å². The fourth-order valence-corrected chi connectivity index (χ4v) is 3.88. The van der Waals surface area contributed by atoms with Gasteiger partial charge in [0.25, 0.3) is 0 Å². The molecule has 0 N–H and O–H groups in total. The van der Waals surface area contributed by atoms with E-state index in [0.29, 0.717) is 43.0 Å². The molecule has 1 unspecified atom stereocenters. The van der Waals surface area contributed by atoms with E-state index in [1.165, 1.54) is 0 Å². The summed E-state index contributed by atoms with van der Waals surface area (Å²) in [5, 5.41) is 4.11. The first-order valence-electron chi connectivity index (χ1n) is 10.8. The monoisotopic (exact) mass is 421 g/mol. The van der Waals surface area contributed by atoms with Gasteiger partial charge in [0.05, 0.1) is 19.6 Å². The molecule has 1 amide bonds. The average Bonchev–Trinajstić information content (AvgIpc) is 3.46. The quantitative estimate of drug-likeness (QED) is 0.535. The minimum Gasteiger partial charge on any atom is -0.490 e. The number of carbonyl (C=O) groups excluding carboxylic acids is 1. The molecule has 7 heteroatoms. The lowest BCUT2D eigenvalue weighted by atomic mass is 10.1. The first-order chi connectivity index (χ1) is 15.2. The van der Waals surface area contributed by atoms with Crippen LogP contribution in [-0.2, 0) is 11.2 Å². The van der Waals surface area contributed by atoms with Crippen LogP contribution in [-0.4, -0.2) is 40.7 Å². The molecule has 1 aliphatic rings. The summed E-state index contributed by atoms with van der Waals surface area (Å²) in [5.74, 6) is 2.43. The Morgan fingerprint density at radius 1 is 1.10 bits per heavy atom. The zero-order valence-corrected chi connectivity index (χ0v) is 17.9. The first-order valence-corrected chi connectivity index (χ1v) is 10.8. The minimum atomic E-state index is -0.188. The largest absolute Gasteiger partial charge is 0.490 e. The number of carbonyl (C=O) groups is 1. The summed E-state index contributed by atoms with van der Waals surface area (Å²) in [6.45, 7) is 5.63. The highest BCUT2D eigenvalue weighted by Crippen LogP contribution is 2.33.